The highest BCUT2D eigenvalue weighted by Gasteiger charge is 2.07. The Balaban J connectivity index is 1.94. The molecule has 5 heteroatoms. The molecule has 0 saturated carbocycles. The highest BCUT2D eigenvalue weighted by Crippen LogP contribution is 2.15. The van der Waals surface area contributed by atoms with Gasteiger partial charge in [-0.3, -0.25) is 4.79 Å². The van der Waals surface area contributed by atoms with E-state index >= 15 is 0 Å². The average Bonchev–Trinajstić information content (AvgIpc) is 2.79. The van der Waals surface area contributed by atoms with Crippen molar-refractivity contribution in [2.24, 2.45) is 0 Å². The number of nitrogens with one attached hydrogen (secondary N) is 2. The Labute approximate surface area is 110 Å². The molecule has 0 fully saturated rings. The molecule has 0 spiro atoms. The van der Waals surface area contributed by atoms with E-state index in [0.717, 1.165) is 16.5 Å². The number of aromatic nitrogens is 1. The maximum absolute atomic E-state index is 11.8. The highest BCUT2D eigenvalue weighted by atomic mass is 32.1. The van der Waals surface area contributed by atoms with Crippen molar-refractivity contribution < 1.29 is 4.79 Å². The molecule has 0 aliphatic heterocycles. The molecule has 0 atom stereocenters. The molecular formula is C13H15N3OS. The molecule has 4 nitrogen and oxygen atoms in total. The Morgan fingerprint density at radius 3 is 2.67 bits per heavy atom. The van der Waals surface area contributed by atoms with Gasteiger partial charge in [0.25, 0.3) is 0 Å². The number of hydrogen-bond donors (Lipinski definition) is 2. The second-order valence-corrected chi connectivity index (χ2v) is 4.84. The van der Waals surface area contributed by atoms with Gasteiger partial charge in [-0.2, -0.15) is 0 Å². The lowest BCUT2D eigenvalue weighted by Gasteiger charge is -2.04. The van der Waals surface area contributed by atoms with Crippen LogP contribution in [0.15, 0.2) is 29.6 Å². The molecule has 0 unspecified atom stereocenters. The molecule has 1 amide bonds. The molecule has 0 aliphatic carbocycles. The first-order valence-corrected chi connectivity index (χ1v) is 6.54. The minimum atomic E-state index is -0.0493. The number of rotatable bonds is 4. The number of nitrogens with zero attached hydrogens (tertiary/aromatic N) is 1. The van der Waals surface area contributed by atoms with E-state index in [9.17, 15) is 4.79 Å². The maximum atomic E-state index is 11.8. The van der Waals surface area contributed by atoms with Gasteiger partial charge in [-0.15, -0.1) is 11.3 Å². The van der Waals surface area contributed by atoms with Gasteiger partial charge < -0.3 is 10.6 Å². The molecule has 2 rings (SSSR count). The predicted octanol–water partition coefficient (Wildman–Crippen LogP) is 2.67. The van der Waals surface area contributed by atoms with Crippen molar-refractivity contribution in [3.8, 4) is 0 Å². The van der Waals surface area contributed by atoms with Gasteiger partial charge in [0.2, 0.25) is 5.91 Å². The zero-order valence-electron chi connectivity index (χ0n) is 10.4. The first kappa shape index (κ1) is 12.6. The van der Waals surface area contributed by atoms with Crippen LogP contribution in [0.4, 0.5) is 10.8 Å². The van der Waals surface area contributed by atoms with Crippen molar-refractivity contribution >= 4 is 28.1 Å². The van der Waals surface area contributed by atoms with E-state index < -0.39 is 0 Å². The monoisotopic (exact) mass is 261 g/mol. The SMILES string of the molecule is CNc1nc(CC(=O)Nc2ccc(C)cc2)cs1. The Hall–Kier alpha value is -1.88. The minimum Gasteiger partial charge on any atom is -0.365 e. The number of carbonyl (C=O) groups excluding carboxylic acids is 1. The lowest BCUT2D eigenvalue weighted by Crippen LogP contribution is -2.14. The summed E-state index contributed by atoms with van der Waals surface area (Å²) in [6.45, 7) is 2.01. The topological polar surface area (TPSA) is 54.0 Å². The number of benzene rings is 1. The molecular weight excluding hydrogens is 246 g/mol. The smallest absolute Gasteiger partial charge is 0.230 e. The molecule has 0 radical (unpaired) electrons. The van der Waals surface area contributed by atoms with Crippen molar-refractivity contribution in [3.05, 3.63) is 40.9 Å². The van der Waals surface area contributed by atoms with Gasteiger partial charge in [-0.1, -0.05) is 17.7 Å². The number of amides is 1. The van der Waals surface area contributed by atoms with Crippen LogP contribution in [0.25, 0.3) is 0 Å². The van der Waals surface area contributed by atoms with E-state index in [0.29, 0.717) is 6.42 Å². The predicted molar refractivity (Wildman–Crippen MR) is 75.2 cm³/mol. The Morgan fingerprint density at radius 2 is 2.06 bits per heavy atom. The molecule has 1 heterocycles. The minimum absolute atomic E-state index is 0.0493. The van der Waals surface area contributed by atoms with Gasteiger partial charge in [-0.25, -0.2) is 4.98 Å². The molecule has 2 aromatic rings. The zero-order valence-corrected chi connectivity index (χ0v) is 11.2. The third-order valence-corrected chi connectivity index (χ3v) is 3.35. The Morgan fingerprint density at radius 1 is 1.33 bits per heavy atom. The van der Waals surface area contributed by atoms with Gasteiger partial charge in [0.1, 0.15) is 0 Å². The van der Waals surface area contributed by atoms with E-state index in [4.69, 9.17) is 0 Å². The Bertz CT molecular complexity index is 533. The van der Waals surface area contributed by atoms with Crippen LogP contribution in [0.1, 0.15) is 11.3 Å². The summed E-state index contributed by atoms with van der Waals surface area (Å²) in [7, 11) is 1.81. The fourth-order valence-electron chi connectivity index (χ4n) is 1.51. The zero-order chi connectivity index (χ0) is 13.0. The standard InChI is InChI=1S/C13H15N3OS/c1-9-3-5-10(6-4-9)15-12(17)7-11-8-18-13(14-2)16-11/h3-6,8H,7H2,1-2H3,(H,14,16)(H,15,17). The summed E-state index contributed by atoms with van der Waals surface area (Å²) in [6, 6.07) is 7.73. The molecule has 2 N–H and O–H groups in total. The number of carbonyl (C=O) groups is 1. The number of anilines is 2. The summed E-state index contributed by atoms with van der Waals surface area (Å²) in [6.07, 6.45) is 0.298. The summed E-state index contributed by atoms with van der Waals surface area (Å²) >= 11 is 1.50. The molecule has 0 saturated heterocycles. The summed E-state index contributed by atoms with van der Waals surface area (Å²) < 4.78 is 0. The van der Waals surface area contributed by atoms with Gasteiger partial charge in [0.05, 0.1) is 12.1 Å². The van der Waals surface area contributed by atoms with Gasteiger partial charge in [0, 0.05) is 18.1 Å². The molecule has 1 aromatic carbocycles. The molecule has 18 heavy (non-hydrogen) atoms. The largest absolute Gasteiger partial charge is 0.365 e. The number of aryl methyl sites for hydroxylation is 1. The fraction of sp³-hybridized carbons (Fsp3) is 0.231. The molecule has 94 valence electrons. The van der Waals surface area contributed by atoms with Crippen LogP contribution in [-0.4, -0.2) is 17.9 Å². The lowest BCUT2D eigenvalue weighted by atomic mass is 10.2. The van der Waals surface area contributed by atoms with Crippen LogP contribution < -0.4 is 10.6 Å². The van der Waals surface area contributed by atoms with Gasteiger partial charge >= 0.3 is 0 Å². The summed E-state index contributed by atoms with van der Waals surface area (Å²) in [5.41, 5.74) is 2.77. The first-order valence-electron chi connectivity index (χ1n) is 5.66. The van der Waals surface area contributed by atoms with Crippen molar-refractivity contribution in [2.75, 3.05) is 17.7 Å². The number of thiazole rings is 1. The second kappa shape index (κ2) is 5.64. The van der Waals surface area contributed by atoms with E-state index in [2.05, 4.69) is 15.6 Å². The van der Waals surface area contributed by atoms with Crippen LogP contribution in [-0.2, 0) is 11.2 Å². The summed E-state index contributed by atoms with van der Waals surface area (Å²) in [5.74, 6) is -0.0493. The van der Waals surface area contributed by atoms with Crippen LogP contribution in [0.2, 0.25) is 0 Å². The van der Waals surface area contributed by atoms with Crippen LogP contribution in [0.3, 0.4) is 0 Å². The third kappa shape index (κ3) is 3.30. The quantitative estimate of drug-likeness (QED) is 0.889. The average molecular weight is 261 g/mol. The number of hydrogen-bond acceptors (Lipinski definition) is 4. The van der Waals surface area contributed by atoms with Gasteiger partial charge in [-0.05, 0) is 19.1 Å². The molecule has 0 aliphatic rings. The third-order valence-electron chi connectivity index (χ3n) is 2.44. The van der Waals surface area contributed by atoms with Crippen molar-refractivity contribution in [2.45, 2.75) is 13.3 Å². The van der Waals surface area contributed by atoms with Crippen LogP contribution in [0.5, 0.6) is 0 Å². The van der Waals surface area contributed by atoms with E-state index in [1.54, 1.807) is 0 Å². The van der Waals surface area contributed by atoms with Gasteiger partial charge in [0.15, 0.2) is 5.13 Å². The van der Waals surface area contributed by atoms with E-state index in [-0.39, 0.29) is 5.91 Å². The van der Waals surface area contributed by atoms with Crippen LogP contribution >= 0.6 is 11.3 Å². The molecule has 0 bridgehead atoms. The lowest BCUT2D eigenvalue weighted by molar-refractivity contribution is -0.115. The van der Waals surface area contributed by atoms with E-state index in [1.807, 2.05) is 43.6 Å². The van der Waals surface area contributed by atoms with Crippen molar-refractivity contribution in [1.29, 1.82) is 0 Å². The molecule has 1 aromatic heterocycles. The normalized spacial score (nSPS) is 10.1. The Kier molecular flexibility index (Phi) is 3.94. The summed E-state index contributed by atoms with van der Waals surface area (Å²) in [4.78, 5) is 16.1. The second-order valence-electron chi connectivity index (χ2n) is 3.98. The maximum Gasteiger partial charge on any atom is 0.230 e. The van der Waals surface area contributed by atoms with E-state index in [1.165, 1.54) is 16.9 Å². The highest BCUT2D eigenvalue weighted by molar-refractivity contribution is 7.13. The first-order chi connectivity index (χ1) is 8.67. The fourth-order valence-corrected chi connectivity index (χ4v) is 2.18. The van der Waals surface area contributed by atoms with Crippen molar-refractivity contribution in [1.82, 2.24) is 4.98 Å². The van der Waals surface area contributed by atoms with Crippen LogP contribution in [0, 0.1) is 6.92 Å². The van der Waals surface area contributed by atoms with Crippen molar-refractivity contribution in [3.63, 3.8) is 0 Å². The summed E-state index contributed by atoms with van der Waals surface area (Å²) in [5, 5.41) is 8.52.